The lowest BCUT2D eigenvalue weighted by atomic mass is 10.3. The molecular formula is C12H8Cl2N4O. The van der Waals surface area contributed by atoms with Crippen molar-refractivity contribution in [2.24, 2.45) is 0 Å². The van der Waals surface area contributed by atoms with Gasteiger partial charge in [-0.25, -0.2) is 15.0 Å². The Balaban J connectivity index is 2.23. The molecule has 0 fully saturated rings. The molecule has 0 aliphatic carbocycles. The van der Waals surface area contributed by atoms with E-state index in [-0.39, 0.29) is 5.28 Å². The van der Waals surface area contributed by atoms with Gasteiger partial charge in [0.25, 0.3) is 0 Å². The van der Waals surface area contributed by atoms with Gasteiger partial charge in [0.15, 0.2) is 0 Å². The van der Waals surface area contributed by atoms with Gasteiger partial charge in [-0.05, 0) is 17.7 Å². The van der Waals surface area contributed by atoms with Crippen LogP contribution in [0.15, 0.2) is 30.7 Å². The fourth-order valence-electron chi connectivity index (χ4n) is 1.79. The zero-order chi connectivity index (χ0) is 13.4. The van der Waals surface area contributed by atoms with Gasteiger partial charge >= 0.3 is 0 Å². The van der Waals surface area contributed by atoms with Gasteiger partial charge in [-0.3, -0.25) is 4.40 Å². The summed E-state index contributed by atoms with van der Waals surface area (Å²) in [4.78, 5) is 12.3. The highest BCUT2D eigenvalue weighted by Crippen LogP contribution is 2.27. The molecule has 5 nitrogen and oxygen atoms in total. The molecule has 3 aromatic heterocycles. The standard InChI is InChI=1S/C12H8Cl2N4O/c1-19-7-2-3-18-9(6-15-10(18)4-7)11-8(13)5-16-12(14)17-11/h2-6H,1H3. The molecule has 0 spiro atoms. The number of halogens is 2. The molecular weight excluding hydrogens is 287 g/mol. The van der Waals surface area contributed by atoms with Gasteiger partial charge in [-0.15, -0.1) is 0 Å². The van der Waals surface area contributed by atoms with Crippen molar-refractivity contribution in [2.45, 2.75) is 0 Å². The number of nitrogens with zero attached hydrogens (tertiary/aromatic N) is 4. The molecule has 0 saturated heterocycles. The number of ether oxygens (including phenoxy) is 1. The van der Waals surface area contributed by atoms with Crippen LogP contribution in [0.5, 0.6) is 5.75 Å². The molecule has 0 N–H and O–H groups in total. The first kappa shape index (κ1) is 12.2. The van der Waals surface area contributed by atoms with Gasteiger partial charge in [0.1, 0.15) is 17.1 Å². The Morgan fingerprint density at radius 2 is 2.05 bits per heavy atom. The van der Waals surface area contributed by atoms with Crippen LogP contribution in [-0.4, -0.2) is 26.5 Å². The van der Waals surface area contributed by atoms with Gasteiger partial charge < -0.3 is 4.74 Å². The summed E-state index contributed by atoms with van der Waals surface area (Å²) in [5.74, 6) is 0.733. The molecule has 0 amide bonds. The van der Waals surface area contributed by atoms with Crippen LogP contribution in [0.25, 0.3) is 17.0 Å². The molecule has 0 bridgehead atoms. The summed E-state index contributed by atoms with van der Waals surface area (Å²) in [7, 11) is 1.61. The van der Waals surface area contributed by atoms with E-state index in [1.54, 1.807) is 13.3 Å². The van der Waals surface area contributed by atoms with E-state index in [2.05, 4.69) is 15.0 Å². The van der Waals surface area contributed by atoms with Gasteiger partial charge in [0.2, 0.25) is 5.28 Å². The molecule has 0 atom stereocenters. The summed E-state index contributed by atoms with van der Waals surface area (Å²) in [5, 5.41) is 0.560. The molecule has 3 heterocycles. The van der Waals surface area contributed by atoms with Crippen LogP contribution < -0.4 is 4.74 Å². The second-order valence-electron chi connectivity index (χ2n) is 3.77. The Labute approximate surface area is 118 Å². The van der Waals surface area contributed by atoms with E-state index < -0.39 is 0 Å². The van der Waals surface area contributed by atoms with Crippen LogP contribution in [0.1, 0.15) is 0 Å². The average Bonchev–Trinajstić information content (AvgIpc) is 2.84. The van der Waals surface area contributed by atoms with E-state index >= 15 is 0 Å². The molecule has 19 heavy (non-hydrogen) atoms. The largest absolute Gasteiger partial charge is 0.497 e. The maximum atomic E-state index is 6.10. The molecule has 3 aromatic rings. The monoisotopic (exact) mass is 294 g/mol. The zero-order valence-electron chi connectivity index (χ0n) is 9.84. The van der Waals surface area contributed by atoms with Gasteiger partial charge in [-0.1, -0.05) is 11.6 Å². The van der Waals surface area contributed by atoms with Crippen molar-refractivity contribution in [2.75, 3.05) is 7.11 Å². The predicted octanol–water partition coefficient (Wildman–Crippen LogP) is 3.11. The summed E-state index contributed by atoms with van der Waals surface area (Å²) >= 11 is 11.9. The van der Waals surface area contributed by atoms with Crippen molar-refractivity contribution in [1.29, 1.82) is 0 Å². The molecule has 0 aliphatic rings. The third-order valence-electron chi connectivity index (χ3n) is 2.68. The fraction of sp³-hybridized carbons (Fsp3) is 0.0833. The minimum absolute atomic E-state index is 0.142. The van der Waals surface area contributed by atoms with E-state index in [1.807, 2.05) is 22.7 Å². The SMILES string of the molecule is COc1ccn2c(-c3nc(Cl)ncc3Cl)cnc2c1. The Kier molecular flexibility index (Phi) is 3.00. The summed E-state index contributed by atoms with van der Waals surface area (Å²) in [6, 6.07) is 3.65. The van der Waals surface area contributed by atoms with Crippen LogP contribution in [0.2, 0.25) is 10.3 Å². The molecule has 3 rings (SSSR count). The third-order valence-corrected chi connectivity index (χ3v) is 3.14. The summed E-state index contributed by atoms with van der Waals surface area (Å²) in [5.41, 5.74) is 2.02. The van der Waals surface area contributed by atoms with Gasteiger partial charge in [0.05, 0.1) is 30.2 Å². The van der Waals surface area contributed by atoms with Crippen LogP contribution in [0.3, 0.4) is 0 Å². The van der Waals surface area contributed by atoms with Crippen molar-refractivity contribution in [3.05, 3.63) is 41.0 Å². The number of pyridine rings is 1. The summed E-state index contributed by atoms with van der Waals surface area (Å²) < 4.78 is 7.01. The van der Waals surface area contributed by atoms with Crippen molar-refractivity contribution in [3.63, 3.8) is 0 Å². The lowest BCUT2D eigenvalue weighted by Gasteiger charge is -2.04. The molecule has 0 radical (unpaired) electrons. The van der Waals surface area contributed by atoms with Crippen molar-refractivity contribution in [1.82, 2.24) is 19.4 Å². The van der Waals surface area contributed by atoms with E-state index in [4.69, 9.17) is 27.9 Å². The zero-order valence-corrected chi connectivity index (χ0v) is 11.4. The van der Waals surface area contributed by atoms with E-state index in [9.17, 15) is 0 Å². The number of imidazole rings is 1. The molecule has 0 unspecified atom stereocenters. The van der Waals surface area contributed by atoms with Crippen LogP contribution in [-0.2, 0) is 0 Å². The number of rotatable bonds is 2. The van der Waals surface area contributed by atoms with Crippen molar-refractivity contribution < 1.29 is 4.74 Å². The first-order valence-electron chi connectivity index (χ1n) is 5.38. The number of hydrogen-bond donors (Lipinski definition) is 0. The second kappa shape index (κ2) is 4.68. The van der Waals surface area contributed by atoms with Crippen LogP contribution in [0, 0.1) is 0 Å². The highest BCUT2D eigenvalue weighted by Gasteiger charge is 2.12. The van der Waals surface area contributed by atoms with E-state index in [1.165, 1.54) is 6.20 Å². The quantitative estimate of drug-likeness (QED) is 0.682. The Hall–Kier alpha value is -1.85. The topological polar surface area (TPSA) is 52.3 Å². The minimum atomic E-state index is 0.142. The van der Waals surface area contributed by atoms with E-state index in [0.29, 0.717) is 10.7 Å². The molecule has 0 aliphatic heterocycles. The Bertz CT molecular complexity index is 757. The van der Waals surface area contributed by atoms with Gasteiger partial charge in [-0.2, -0.15) is 0 Å². The van der Waals surface area contributed by atoms with Crippen LogP contribution in [0.4, 0.5) is 0 Å². The Morgan fingerprint density at radius 1 is 1.21 bits per heavy atom. The third kappa shape index (κ3) is 2.11. The lowest BCUT2D eigenvalue weighted by molar-refractivity contribution is 0.414. The average molecular weight is 295 g/mol. The van der Waals surface area contributed by atoms with E-state index in [0.717, 1.165) is 17.1 Å². The maximum absolute atomic E-state index is 6.10. The summed E-state index contributed by atoms with van der Waals surface area (Å²) in [6.07, 6.45) is 4.98. The molecule has 7 heteroatoms. The second-order valence-corrected chi connectivity index (χ2v) is 4.52. The predicted molar refractivity (Wildman–Crippen MR) is 72.8 cm³/mol. The minimum Gasteiger partial charge on any atom is -0.497 e. The summed E-state index contributed by atoms with van der Waals surface area (Å²) in [6.45, 7) is 0. The first-order chi connectivity index (χ1) is 9.19. The van der Waals surface area contributed by atoms with Gasteiger partial charge in [0, 0.05) is 12.3 Å². The molecule has 0 saturated carbocycles. The Morgan fingerprint density at radius 3 is 2.84 bits per heavy atom. The lowest BCUT2D eigenvalue weighted by Crippen LogP contribution is -1.94. The smallest absolute Gasteiger partial charge is 0.223 e. The highest BCUT2D eigenvalue weighted by atomic mass is 35.5. The first-order valence-corrected chi connectivity index (χ1v) is 6.14. The normalized spacial score (nSPS) is 10.9. The number of hydrogen-bond acceptors (Lipinski definition) is 4. The van der Waals surface area contributed by atoms with Crippen molar-refractivity contribution in [3.8, 4) is 17.1 Å². The number of fused-ring (bicyclic) bond motifs is 1. The van der Waals surface area contributed by atoms with Crippen LogP contribution >= 0.6 is 23.2 Å². The fourth-order valence-corrected chi connectivity index (χ4v) is 2.11. The highest BCUT2D eigenvalue weighted by molar-refractivity contribution is 6.33. The maximum Gasteiger partial charge on any atom is 0.223 e. The van der Waals surface area contributed by atoms with Crippen molar-refractivity contribution >= 4 is 28.8 Å². The molecule has 96 valence electrons. The molecule has 0 aromatic carbocycles. The number of aromatic nitrogens is 4. The number of methoxy groups -OCH3 is 1.